The smallest absolute Gasteiger partial charge is 0.253 e. The highest BCUT2D eigenvalue weighted by molar-refractivity contribution is 7.89. The van der Waals surface area contributed by atoms with Crippen LogP contribution in [0.5, 0.6) is 5.75 Å². The topological polar surface area (TPSA) is 83.0 Å². The van der Waals surface area contributed by atoms with Crippen molar-refractivity contribution in [3.8, 4) is 17.0 Å². The van der Waals surface area contributed by atoms with Gasteiger partial charge in [-0.15, -0.1) is 11.3 Å². The molecule has 0 radical (unpaired) electrons. The van der Waals surface area contributed by atoms with Gasteiger partial charge in [0.15, 0.2) is 5.13 Å². The Labute approximate surface area is 175 Å². The molecule has 0 unspecified atom stereocenters. The third kappa shape index (κ3) is 4.54. The van der Waals surface area contributed by atoms with Gasteiger partial charge < -0.3 is 14.5 Å². The number of anilines is 1. The van der Waals surface area contributed by atoms with Crippen LogP contribution in [0.3, 0.4) is 0 Å². The second-order valence-electron chi connectivity index (χ2n) is 6.92. The Bertz CT molecular complexity index is 980. The maximum atomic E-state index is 13.0. The summed E-state index contributed by atoms with van der Waals surface area (Å²) in [6.45, 7) is 3.03. The zero-order valence-electron chi connectivity index (χ0n) is 17.1. The summed E-state index contributed by atoms with van der Waals surface area (Å²) in [5.74, 6) is 0.604. The molecule has 2 heterocycles. The Kier molecular flexibility index (Phi) is 6.45. The van der Waals surface area contributed by atoms with Gasteiger partial charge in [-0.1, -0.05) is 0 Å². The van der Waals surface area contributed by atoms with Crippen LogP contribution in [-0.4, -0.2) is 81.7 Å². The van der Waals surface area contributed by atoms with Gasteiger partial charge >= 0.3 is 0 Å². The van der Waals surface area contributed by atoms with Gasteiger partial charge in [-0.25, -0.2) is 13.4 Å². The molecule has 1 fully saturated rings. The minimum atomic E-state index is -3.22. The Morgan fingerprint density at radius 1 is 1.24 bits per heavy atom. The number of benzene rings is 1. The molecule has 0 aliphatic carbocycles. The molecule has 3 rings (SSSR count). The lowest BCUT2D eigenvalue weighted by molar-refractivity contribution is 0.0698. The van der Waals surface area contributed by atoms with Crippen molar-refractivity contribution in [2.75, 3.05) is 58.0 Å². The minimum Gasteiger partial charge on any atom is -0.496 e. The fourth-order valence-corrected chi connectivity index (χ4v) is 5.01. The van der Waals surface area contributed by atoms with Crippen LogP contribution in [-0.2, 0) is 10.0 Å². The SMILES string of the molecule is CCS(=O)(=O)N1CCN(C(=O)c2ccc(OC)c(-c3csc(N(C)C)n3)c2)CC1. The summed E-state index contributed by atoms with van der Waals surface area (Å²) in [4.78, 5) is 21.3. The van der Waals surface area contributed by atoms with Crippen LogP contribution in [0, 0.1) is 0 Å². The number of amides is 1. The predicted octanol–water partition coefficient (Wildman–Crippen LogP) is 1.99. The highest BCUT2D eigenvalue weighted by Gasteiger charge is 2.28. The number of methoxy groups -OCH3 is 1. The van der Waals surface area contributed by atoms with Crippen molar-refractivity contribution in [1.82, 2.24) is 14.2 Å². The van der Waals surface area contributed by atoms with Gasteiger partial charge in [0, 0.05) is 56.8 Å². The number of hydrogen-bond acceptors (Lipinski definition) is 7. The maximum absolute atomic E-state index is 13.0. The number of thiazole rings is 1. The summed E-state index contributed by atoms with van der Waals surface area (Å²) >= 11 is 1.52. The molecule has 29 heavy (non-hydrogen) atoms. The molecule has 1 aromatic heterocycles. The number of nitrogens with zero attached hydrogens (tertiary/aromatic N) is 4. The van der Waals surface area contributed by atoms with Gasteiger partial charge in [-0.05, 0) is 25.1 Å². The molecule has 2 aromatic rings. The minimum absolute atomic E-state index is 0.0748. The normalized spacial score (nSPS) is 15.4. The summed E-state index contributed by atoms with van der Waals surface area (Å²) < 4.78 is 31.0. The van der Waals surface area contributed by atoms with E-state index in [9.17, 15) is 13.2 Å². The lowest BCUT2D eigenvalue weighted by atomic mass is 10.1. The van der Waals surface area contributed by atoms with Gasteiger partial charge in [0.2, 0.25) is 10.0 Å². The molecule has 10 heteroatoms. The van der Waals surface area contributed by atoms with E-state index in [2.05, 4.69) is 4.98 Å². The summed E-state index contributed by atoms with van der Waals surface area (Å²) in [6, 6.07) is 5.30. The molecule has 8 nitrogen and oxygen atoms in total. The molecule has 0 spiro atoms. The predicted molar refractivity (Wildman–Crippen MR) is 115 cm³/mol. The van der Waals surface area contributed by atoms with Crippen molar-refractivity contribution >= 4 is 32.4 Å². The Morgan fingerprint density at radius 3 is 2.48 bits per heavy atom. The van der Waals surface area contributed by atoms with E-state index in [0.29, 0.717) is 37.5 Å². The summed E-state index contributed by atoms with van der Waals surface area (Å²) in [5.41, 5.74) is 2.05. The van der Waals surface area contributed by atoms with Crippen molar-refractivity contribution < 1.29 is 17.9 Å². The van der Waals surface area contributed by atoms with Crippen LogP contribution < -0.4 is 9.64 Å². The fraction of sp³-hybridized carbons (Fsp3) is 0.474. The van der Waals surface area contributed by atoms with Gasteiger partial charge in [0.25, 0.3) is 5.91 Å². The van der Waals surface area contributed by atoms with Crippen LogP contribution in [0.1, 0.15) is 17.3 Å². The van der Waals surface area contributed by atoms with Crippen molar-refractivity contribution in [3.63, 3.8) is 0 Å². The summed E-state index contributed by atoms with van der Waals surface area (Å²) in [6.07, 6.45) is 0. The third-order valence-electron chi connectivity index (χ3n) is 4.88. The molecule has 0 saturated carbocycles. The number of sulfonamides is 1. The Morgan fingerprint density at radius 2 is 1.93 bits per heavy atom. The molecule has 1 aromatic carbocycles. The number of ether oxygens (including phenoxy) is 1. The van der Waals surface area contributed by atoms with Crippen LogP contribution in [0.25, 0.3) is 11.3 Å². The molecule has 1 saturated heterocycles. The van der Waals surface area contributed by atoms with Crippen molar-refractivity contribution in [1.29, 1.82) is 0 Å². The Hall–Kier alpha value is -2.17. The van der Waals surface area contributed by atoms with E-state index in [1.54, 1.807) is 37.1 Å². The first-order chi connectivity index (χ1) is 13.8. The van der Waals surface area contributed by atoms with Crippen LogP contribution in [0.2, 0.25) is 0 Å². The van der Waals surface area contributed by atoms with Crippen molar-refractivity contribution in [2.45, 2.75) is 6.92 Å². The molecule has 1 aliphatic heterocycles. The number of aromatic nitrogens is 1. The summed E-state index contributed by atoms with van der Waals surface area (Å²) in [5, 5.41) is 2.81. The number of hydrogen-bond donors (Lipinski definition) is 0. The number of rotatable bonds is 6. The van der Waals surface area contributed by atoms with Crippen molar-refractivity contribution in [3.05, 3.63) is 29.1 Å². The number of carbonyl (C=O) groups is 1. The molecule has 0 bridgehead atoms. The molecule has 0 atom stereocenters. The van der Waals surface area contributed by atoms with E-state index in [-0.39, 0.29) is 11.7 Å². The molecule has 158 valence electrons. The second-order valence-corrected chi connectivity index (χ2v) is 10.0. The van der Waals surface area contributed by atoms with Crippen molar-refractivity contribution in [2.24, 2.45) is 0 Å². The first kappa shape index (κ1) is 21.5. The van der Waals surface area contributed by atoms with E-state index in [0.717, 1.165) is 16.4 Å². The highest BCUT2D eigenvalue weighted by Crippen LogP contribution is 2.34. The third-order valence-corrected chi connectivity index (χ3v) is 7.77. The first-order valence-corrected chi connectivity index (χ1v) is 11.8. The molecule has 1 aliphatic rings. The number of piperazine rings is 1. The van der Waals surface area contributed by atoms with Crippen LogP contribution in [0.15, 0.2) is 23.6 Å². The fourth-order valence-electron chi connectivity index (χ4n) is 3.17. The molecule has 0 N–H and O–H groups in total. The van der Waals surface area contributed by atoms with Gasteiger partial charge in [0.05, 0.1) is 18.6 Å². The average Bonchev–Trinajstić information content (AvgIpc) is 3.23. The van der Waals surface area contributed by atoms with E-state index >= 15 is 0 Å². The highest BCUT2D eigenvalue weighted by atomic mass is 32.2. The van der Waals surface area contributed by atoms with Gasteiger partial charge in [-0.2, -0.15) is 4.31 Å². The monoisotopic (exact) mass is 438 g/mol. The summed E-state index contributed by atoms with van der Waals surface area (Å²) in [7, 11) is 2.22. The maximum Gasteiger partial charge on any atom is 0.253 e. The number of carbonyl (C=O) groups excluding carboxylic acids is 1. The van der Waals surface area contributed by atoms with Crippen LogP contribution >= 0.6 is 11.3 Å². The zero-order valence-corrected chi connectivity index (χ0v) is 18.7. The standard InChI is InChI=1S/C19H26N4O4S2/c1-5-29(25,26)23-10-8-22(9-11-23)18(24)14-6-7-17(27-4)15(12-14)16-13-28-19(20-16)21(2)3/h6-7,12-13H,5,8-11H2,1-4H3. The Balaban J connectivity index is 1.81. The van der Waals surface area contributed by atoms with Gasteiger partial charge in [-0.3, -0.25) is 4.79 Å². The van der Waals surface area contributed by atoms with E-state index in [4.69, 9.17) is 4.74 Å². The largest absolute Gasteiger partial charge is 0.496 e. The second kappa shape index (κ2) is 8.68. The van der Waals surface area contributed by atoms with E-state index in [1.807, 2.05) is 24.4 Å². The van der Waals surface area contributed by atoms with E-state index in [1.165, 1.54) is 15.6 Å². The molecular weight excluding hydrogens is 412 g/mol. The quantitative estimate of drug-likeness (QED) is 0.686. The molecular formula is C19H26N4O4S2. The lowest BCUT2D eigenvalue weighted by Crippen LogP contribution is -2.50. The zero-order chi connectivity index (χ0) is 21.2. The molecule has 1 amide bonds. The van der Waals surface area contributed by atoms with Gasteiger partial charge in [0.1, 0.15) is 5.75 Å². The first-order valence-electron chi connectivity index (χ1n) is 9.35. The van der Waals surface area contributed by atoms with Crippen LogP contribution in [0.4, 0.5) is 5.13 Å². The average molecular weight is 439 g/mol. The van der Waals surface area contributed by atoms with E-state index < -0.39 is 10.0 Å². The lowest BCUT2D eigenvalue weighted by Gasteiger charge is -2.34.